The van der Waals surface area contributed by atoms with Crippen molar-refractivity contribution in [2.24, 2.45) is 0 Å². The Morgan fingerprint density at radius 3 is 2.46 bits per heavy atom. The van der Waals surface area contributed by atoms with E-state index >= 15 is 0 Å². The number of carbonyl (C=O) groups is 2. The normalized spacial score (nSPS) is 14.2. The Kier molecular flexibility index (Phi) is 8.37. The summed E-state index contributed by atoms with van der Waals surface area (Å²) in [6, 6.07) is 0. The Hall–Kier alpha value is -2.52. The second-order valence-corrected chi connectivity index (χ2v) is 4.92. The number of aromatic nitrogens is 2. The van der Waals surface area contributed by atoms with E-state index in [-0.39, 0.29) is 0 Å². The van der Waals surface area contributed by atoms with Crippen LogP contribution in [-0.4, -0.2) is 77.5 Å². The highest BCUT2D eigenvalue weighted by Gasteiger charge is 2.16. The van der Waals surface area contributed by atoms with E-state index in [0.717, 1.165) is 25.2 Å². The van der Waals surface area contributed by atoms with Crippen molar-refractivity contribution in [2.75, 3.05) is 40.5 Å². The van der Waals surface area contributed by atoms with Gasteiger partial charge in [-0.1, -0.05) is 6.08 Å². The summed E-state index contributed by atoms with van der Waals surface area (Å²) in [5.74, 6) is -3.05. The Labute approximate surface area is 139 Å². The lowest BCUT2D eigenvalue weighted by Crippen LogP contribution is -2.25. The van der Waals surface area contributed by atoms with Gasteiger partial charge < -0.3 is 24.6 Å². The van der Waals surface area contributed by atoms with Crippen LogP contribution in [0.5, 0.6) is 5.88 Å². The molecule has 0 spiro atoms. The Morgan fingerprint density at radius 2 is 1.88 bits per heavy atom. The second kappa shape index (κ2) is 10.3. The minimum Gasteiger partial charge on any atom is -0.474 e. The van der Waals surface area contributed by atoms with Crippen LogP contribution in [0, 0.1) is 0 Å². The predicted octanol–water partition coefficient (Wildman–Crippen LogP) is 0.376. The Bertz CT molecular complexity index is 578. The van der Waals surface area contributed by atoms with Crippen LogP contribution in [0.2, 0.25) is 0 Å². The fourth-order valence-corrected chi connectivity index (χ4v) is 1.94. The molecule has 0 atom stereocenters. The zero-order valence-corrected chi connectivity index (χ0v) is 13.6. The van der Waals surface area contributed by atoms with E-state index in [2.05, 4.69) is 28.0 Å². The van der Waals surface area contributed by atoms with E-state index in [1.165, 1.54) is 5.57 Å². The van der Waals surface area contributed by atoms with Gasteiger partial charge in [-0.2, -0.15) is 0 Å². The predicted molar refractivity (Wildman–Crippen MR) is 84.8 cm³/mol. The first-order valence-electron chi connectivity index (χ1n) is 7.22. The molecule has 132 valence electrons. The molecule has 9 nitrogen and oxygen atoms in total. The van der Waals surface area contributed by atoms with E-state index in [0.29, 0.717) is 19.1 Å². The number of likely N-dealkylation sites (N-methyl/N-ethyl adjacent to an activating group) is 1. The number of hydrogen-bond donors (Lipinski definition) is 2. The van der Waals surface area contributed by atoms with Crippen LogP contribution in [-0.2, 0) is 14.3 Å². The highest BCUT2D eigenvalue weighted by molar-refractivity contribution is 6.27. The first-order chi connectivity index (χ1) is 11.5. The van der Waals surface area contributed by atoms with Crippen LogP contribution in [0.15, 0.2) is 18.5 Å². The van der Waals surface area contributed by atoms with Gasteiger partial charge in [0, 0.05) is 32.6 Å². The van der Waals surface area contributed by atoms with Crippen molar-refractivity contribution >= 4 is 17.5 Å². The number of carboxylic acids is 2. The Balaban J connectivity index is 0.000000413. The van der Waals surface area contributed by atoms with E-state index in [1.54, 1.807) is 19.5 Å². The molecule has 1 aromatic heterocycles. The third kappa shape index (κ3) is 6.71. The zero-order valence-electron chi connectivity index (χ0n) is 13.6. The number of hydrogen-bond acceptors (Lipinski definition) is 7. The van der Waals surface area contributed by atoms with Crippen molar-refractivity contribution in [3.8, 4) is 5.88 Å². The summed E-state index contributed by atoms with van der Waals surface area (Å²) in [5.41, 5.74) is 2.03. The van der Waals surface area contributed by atoms with Crippen molar-refractivity contribution in [3.63, 3.8) is 0 Å². The first kappa shape index (κ1) is 19.5. The number of methoxy groups -OCH3 is 1. The third-order valence-corrected chi connectivity index (χ3v) is 3.02. The van der Waals surface area contributed by atoms with Gasteiger partial charge in [-0.25, -0.2) is 19.6 Å². The first-order valence-corrected chi connectivity index (χ1v) is 7.22. The fourth-order valence-electron chi connectivity index (χ4n) is 1.94. The van der Waals surface area contributed by atoms with Crippen molar-refractivity contribution in [1.82, 2.24) is 14.9 Å². The van der Waals surface area contributed by atoms with E-state index in [1.807, 2.05) is 0 Å². The molecule has 2 heterocycles. The molecule has 0 unspecified atom stereocenters. The maximum Gasteiger partial charge on any atom is 0.414 e. The van der Waals surface area contributed by atoms with Crippen LogP contribution < -0.4 is 4.74 Å². The number of carboxylic acid groups (broad SMARTS) is 2. The van der Waals surface area contributed by atoms with Crippen molar-refractivity contribution in [1.29, 1.82) is 0 Å². The van der Waals surface area contributed by atoms with E-state index in [4.69, 9.17) is 29.3 Å². The van der Waals surface area contributed by atoms with Gasteiger partial charge in [0.1, 0.15) is 12.3 Å². The minimum atomic E-state index is -1.82. The third-order valence-electron chi connectivity index (χ3n) is 3.02. The summed E-state index contributed by atoms with van der Waals surface area (Å²) in [6.07, 6.45) is 6.61. The average molecular weight is 339 g/mol. The Morgan fingerprint density at radius 1 is 1.21 bits per heavy atom. The molecule has 0 amide bonds. The smallest absolute Gasteiger partial charge is 0.414 e. The van der Waals surface area contributed by atoms with Crippen molar-refractivity contribution in [3.05, 3.63) is 24.2 Å². The van der Waals surface area contributed by atoms with Gasteiger partial charge in [0.05, 0.1) is 6.61 Å². The molecule has 9 heteroatoms. The average Bonchev–Trinajstić information content (AvgIpc) is 2.56. The van der Waals surface area contributed by atoms with Gasteiger partial charge in [0.25, 0.3) is 0 Å². The summed E-state index contributed by atoms with van der Waals surface area (Å²) in [5, 5.41) is 14.8. The molecule has 2 rings (SSSR count). The maximum absolute atomic E-state index is 9.10. The van der Waals surface area contributed by atoms with Gasteiger partial charge >= 0.3 is 11.9 Å². The minimum absolute atomic E-state index is 0.491. The quantitative estimate of drug-likeness (QED) is 0.579. The zero-order chi connectivity index (χ0) is 17.9. The monoisotopic (exact) mass is 339 g/mol. The van der Waals surface area contributed by atoms with Gasteiger partial charge in [-0.3, -0.25) is 0 Å². The number of nitrogens with zero attached hydrogens (tertiary/aromatic N) is 3. The van der Waals surface area contributed by atoms with Crippen LogP contribution in [0.3, 0.4) is 0 Å². The van der Waals surface area contributed by atoms with Gasteiger partial charge in [0.2, 0.25) is 5.88 Å². The largest absolute Gasteiger partial charge is 0.474 e. The molecule has 24 heavy (non-hydrogen) atoms. The lowest BCUT2D eigenvalue weighted by Gasteiger charge is -2.23. The molecule has 0 saturated heterocycles. The van der Waals surface area contributed by atoms with Crippen molar-refractivity contribution < 1.29 is 29.3 Å². The highest BCUT2D eigenvalue weighted by Crippen LogP contribution is 2.24. The van der Waals surface area contributed by atoms with Gasteiger partial charge in [-0.15, -0.1) is 0 Å². The molecular weight excluding hydrogens is 318 g/mol. The molecule has 0 aliphatic carbocycles. The standard InChI is InChI=1S/C13H19N3O2.C2H2O4/c1-16-7-3-4-11(10-16)12-13(15-6-5-14-12)18-9-8-17-2;3-1(4)2(5)6/h4-6H,3,7-10H2,1-2H3;(H,3,4)(H,5,6). The molecule has 0 bridgehead atoms. The molecule has 1 aliphatic rings. The molecule has 0 saturated carbocycles. The lowest BCUT2D eigenvalue weighted by atomic mass is 10.1. The summed E-state index contributed by atoms with van der Waals surface area (Å²) < 4.78 is 10.6. The molecule has 0 aromatic carbocycles. The summed E-state index contributed by atoms with van der Waals surface area (Å²) in [4.78, 5) is 29.1. The fraction of sp³-hybridized carbons (Fsp3) is 0.467. The van der Waals surface area contributed by atoms with Gasteiger partial charge in [-0.05, 0) is 19.0 Å². The van der Waals surface area contributed by atoms with E-state index < -0.39 is 11.9 Å². The van der Waals surface area contributed by atoms with Crippen LogP contribution in [0.4, 0.5) is 0 Å². The topological polar surface area (TPSA) is 122 Å². The maximum atomic E-state index is 9.10. The van der Waals surface area contributed by atoms with Crippen LogP contribution >= 0.6 is 0 Å². The SMILES string of the molecule is COCCOc1nccnc1C1=CCCN(C)C1.O=C(O)C(=O)O. The molecule has 1 aliphatic heterocycles. The summed E-state index contributed by atoms with van der Waals surface area (Å²) in [7, 11) is 3.76. The molecule has 1 aromatic rings. The van der Waals surface area contributed by atoms with Crippen LogP contribution in [0.1, 0.15) is 12.1 Å². The molecular formula is C15H21N3O6. The number of rotatable bonds is 5. The number of aliphatic carboxylic acids is 2. The van der Waals surface area contributed by atoms with E-state index in [9.17, 15) is 0 Å². The molecule has 2 N–H and O–H groups in total. The molecule has 0 radical (unpaired) electrons. The highest BCUT2D eigenvalue weighted by atomic mass is 16.5. The van der Waals surface area contributed by atoms with Crippen molar-refractivity contribution in [2.45, 2.75) is 6.42 Å². The number of ether oxygens (including phenoxy) is 2. The van der Waals surface area contributed by atoms with Gasteiger partial charge in [0.15, 0.2) is 0 Å². The second-order valence-electron chi connectivity index (χ2n) is 4.92. The molecule has 0 fully saturated rings. The lowest BCUT2D eigenvalue weighted by molar-refractivity contribution is -0.159. The summed E-state index contributed by atoms with van der Waals surface area (Å²) in [6.45, 7) is 3.02. The van der Waals surface area contributed by atoms with Crippen LogP contribution in [0.25, 0.3) is 5.57 Å². The summed E-state index contributed by atoms with van der Waals surface area (Å²) >= 11 is 0.